The highest BCUT2D eigenvalue weighted by Crippen LogP contribution is 2.12. The topological polar surface area (TPSA) is 63.5 Å². The lowest BCUT2D eigenvalue weighted by molar-refractivity contribution is 0.414. The largest absolute Gasteiger partial charge is 0.497 e. The molecule has 2 N–H and O–H groups in total. The molecular weight excluding hydrogens is 465 g/mol. The molecule has 0 aliphatic heterocycles. The molecule has 3 aromatic rings. The third-order valence-electron chi connectivity index (χ3n) is 4.06. The van der Waals surface area contributed by atoms with E-state index in [1.165, 1.54) is 5.56 Å². The van der Waals surface area contributed by atoms with Crippen molar-refractivity contribution in [1.29, 1.82) is 0 Å². The number of methoxy groups -OCH3 is 1. The zero-order chi connectivity index (χ0) is 18.9. The molecular formula is C21H26IN5O. The van der Waals surface area contributed by atoms with Crippen molar-refractivity contribution in [3.63, 3.8) is 0 Å². The van der Waals surface area contributed by atoms with Gasteiger partial charge in [0, 0.05) is 25.5 Å². The minimum Gasteiger partial charge on any atom is -0.497 e. The summed E-state index contributed by atoms with van der Waals surface area (Å²) >= 11 is 0. The van der Waals surface area contributed by atoms with Gasteiger partial charge in [0.05, 0.1) is 19.3 Å². The fourth-order valence-electron chi connectivity index (χ4n) is 2.66. The first kappa shape index (κ1) is 21.7. The standard InChI is InChI=1S/C21H25N5O.HI/c1-3-22-21(23-15-17-8-10-20(27-2)11-9-17)24-16-18-6-4-7-19(14-18)26-13-5-12-25-26;/h4-14H,3,15-16H2,1-2H3,(H2,22,23,24);1H. The van der Waals surface area contributed by atoms with E-state index >= 15 is 0 Å². The van der Waals surface area contributed by atoms with Gasteiger partial charge in [-0.25, -0.2) is 9.67 Å². The molecule has 0 aliphatic carbocycles. The summed E-state index contributed by atoms with van der Waals surface area (Å²) in [5.41, 5.74) is 3.33. The minimum atomic E-state index is 0. The molecule has 0 saturated carbocycles. The molecule has 0 saturated heterocycles. The monoisotopic (exact) mass is 491 g/mol. The smallest absolute Gasteiger partial charge is 0.191 e. The Bertz CT molecular complexity index is 863. The number of aliphatic imine (C=N–C) groups is 1. The van der Waals surface area contributed by atoms with Gasteiger partial charge in [-0.2, -0.15) is 5.10 Å². The van der Waals surface area contributed by atoms with Crippen molar-refractivity contribution in [3.05, 3.63) is 78.1 Å². The molecule has 148 valence electrons. The van der Waals surface area contributed by atoms with Crippen molar-refractivity contribution in [2.45, 2.75) is 20.0 Å². The van der Waals surface area contributed by atoms with Crippen LogP contribution in [-0.4, -0.2) is 29.4 Å². The van der Waals surface area contributed by atoms with E-state index in [-0.39, 0.29) is 24.0 Å². The van der Waals surface area contributed by atoms with Gasteiger partial charge < -0.3 is 15.4 Å². The predicted octanol–water partition coefficient (Wildman–Crippen LogP) is 3.75. The first-order valence-electron chi connectivity index (χ1n) is 9.02. The van der Waals surface area contributed by atoms with E-state index in [0.29, 0.717) is 13.1 Å². The molecule has 6 nitrogen and oxygen atoms in total. The van der Waals surface area contributed by atoms with E-state index in [4.69, 9.17) is 9.73 Å². The molecule has 0 fully saturated rings. The summed E-state index contributed by atoms with van der Waals surface area (Å²) in [4.78, 5) is 4.70. The van der Waals surface area contributed by atoms with Gasteiger partial charge in [0.1, 0.15) is 5.75 Å². The highest BCUT2D eigenvalue weighted by molar-refractivity contribution is 14.0. The first-order valence-corrected chi connectivity index (χ1v) is 9.02. The maximum Gasteiger partial charge on any atom is 0.191 e. The zero-order valence-corrected chi connectivity index (χ0v) is 18.5. The summed E-state index contributed by atoms with van der Waals surface area (Å²) in [5, 5.41) is 10.9. The van der Waals surface area contributed by atoms with Crippen LogP contribution in [0.5, 0.6) is 5.75 Å². The average molecular weight is 491 g/mol. The predicted molar refractivity (Wildman–Crippen MR) is 124 cm³/mol. The number of rotatable bonds is 7. The number of ether oxygens (including phenoxy) is 1. The third kappa shape index (κ3) is 6.26. The summed E-state index contributed by atoms with van der Waals surface area (Å²) in [5.74, 6) is 1.65. The van der Waals surface area contributed by atoms with Gasteiger partial charge in [0.15, 0.2) is 5.96 Å². The molecule has 0 unspecified atom stereocenters. The highest BCUT2D eigenvalue weighted by atomic mass is 127. The van der Waals surface area contributed by atoms with E-state index in [1.807, 2.05) is 53.3 Å². The number of halogens is 1. The molecule has 1 aromatic heterocycles. The minimum absolute atomic E-state index is 0. The Morgan fingerprint density at radius 3 is 2.57 bits per heavy atom. The third-order valence-corrected chi connectivity index (χ3v) is 4.06. The van der Waals surface area contributed by atoms with Gasteiger partial charge in [0.25, 0.3) is 0 Å². The fraction of sp³-hybridized carbons (Fsp3) is 0.238. The van der Waals surface area contributed by atoms with Crippen molar-refractivity contribution in [3.8, 4) is 11.4 Å². The molecule has 0 amide bonds. The van der Waals surface area contributed by atoms with Crippen LogP contribution in [0.25, 0.3) is 5.69 Å². The Hall–Kier alpha value is -2.55. The Morgan fingerprint density at radius 2 is 1.89 bits per heavy atom. The Morgan fingerprint density at radius 1 is 1.07 bits per heavy atom. The molecule has 0 bridgehead atoms. The highest BCUT2D eigenvalue weighted by Gasteiger charge is 2.01. The number of hydrogen-bond acceptors (Lipinski definition) is 3. The molecule has 0 spiro atoms. The molecule has 1 heterocycles. The second-order valence-corrected chi connectivity index (χ2v) is 6.02. The molecule has 7 heteroatoms. The molecule has 28 heavy (non-hydrogen) atoms. The fourth-order valence-corrected chi connectivity index (χ4v) is 2.66. The first-order chi connectivity index (χ1) is 13.3. The van der Waals surface area contributed by atoms with Crippen LogP contribution in [0.1, 0.15) is 18.1 Å². The maximum absolute atomic E-state index is 5.19. The van der Waals surface area contributed by atoms with Gasteiger partial charge in [-0.05, 0) is 48.4 Å². The number of benzene rings is 2. The van der Waals surface area contributed by atoms with Crippen molar-refractivity contribution >= 4 is 29.9 Å². The second kappa shape index (κ2) is 11.3. The Balaban J connectivity index is 0.00000280. The quantitative estimate of drug-likeness (QED) is 0.300. The van der Waals surface area contributed by atoms with Crippen molar-refractivity contribution < 1.29 is 4.74 Å². The van der Waals surface area contributed by atoms with Gasteiger partial charge in [0.2, 0.25) is 0 Å². The Labute approximate surface area is 183 Å². The lowest BCUT2D eigenvalue weighted by atomic mass is 10.2. The molecule has 0 radical (unpaired) electrons. The van der Waals surface area contributed by atoms with E-state index < -0.39 is 0 Å². The van der Waals surface area contributed by atoms with E-state index in [9.17, 15) is 0 Å². The molecule has 0 atom stereocenters. The number of guanidine groups is 1. The molecule has 2 aromatic carbocycles. The summed E-state index contributed by atoms with van der Waals surface area (Å²) in [7, 11) is 1.67. The van der Waals surface area contributed by atoms with Crippen molar-refractivity contribution in [2.24, 2.45) is 4.99 Å². The zero-order valence-electron chi connectivity index (χ0n) is 16.1. The van der Waals surface area contributed by atoms with Crippen LogP contribution < -0.4 is 15.4 Å². The van der Waals surface area contributed by atoms with Crippen LogP contribution in [0.4, 0.5) is 0 Å². The van der Waals surface area contributed by atoms with Gasteiger partial charge in [-0.1, -0.05) is 24.3 Å². The van der Waals surface area contributed by atoms with Crippen LogP contribution in [-0.2, 0) is 13.1 Å². The van der Waals surface area contributed by atoms with Crippen LogP contribution in [0.2, 0.25) is 0 Å². The lowest BCUT2D eigenvalue weighted by Gasteiger charge is -2.12. The summed E-state index contributed by atoms with van der Waals surface area (Å²) in [6.07, 6.45) is 3.71. The lowest BCUT2D eigenvalue weighted by Crippen LogP contribution is -2.36. The normalized spacial score (nSPS) is 10.9. The molecule has 0 aliphatic rings. The van der Waals surface area contributed by atoms with Gasteiger partial charge in [-0.3, -0.25) is 0 Å². The number of hydrogen-bond donors (Lipinski definition) is 2. The van der Waals surface area contributed by atoms with E-state index in [2.05, 4.69) is 34.8 Å². The molecule has 3 rings (SSSR count). The number of nitrogens with zero attached hydrogens (tertiary/aromatic N) is 3. The number of aromatic nitrogens is 2. The second-order valence-electron chi connectivity index (χ2n) is 6.02. The van der Waals surface area contributed by atoms with Crippen LogP contribution >= 0.6 is 24.0 Å². The summed E-state index contributed by atoms with van der Waals surface area (Å²) < 4.78 is 7.04. The van der Waals surface area contributed by atoms with Crippen LogP contribution in [0.15, 0.2) is 72.0 Å². The average Bonchev–Trinajstić information content (AvgIpc) is 3.26. The van der Waals surface area contributed by atoms with E-state index in [0.717, 1.165) is 29.5 Å². The SMILES string of the molecule is CCNC(=NCc1cccc(-n2cccn2)c1)NCc1ccc(OC)cc1.I. The summed E-state index contributed by atoms with van der Waals surface area (Å²) in [6.45, 7) is 4.15. The maximum atomic E-state index is 5.19. The van der Waals surface area contributed by atoms with Gasteiger partial charge in [-0.15, -0.1) is 24.0 Å². The number of nitrogens with one attached hydrogen (secondary N) is 2. The summed E-state index contributed by atoms with van der Waals surface area (Å²) in [6, 6.07) is 18.2. The van der Waals surface area contributed by atoms with E-state index in [1.54, 1.807) is 13.3 Å². The van der Waals surface area contributed by atoms with Crippen LogP contribution in [0.3, 0.4) is 0 Å². The van der Waals surface area contributed by atoms with Crippen molar-refractivity contribution in [1.82, 2.24) is 20.4 Å². The van der Waals surface area contributed by atoms with Crippen molar-refractivity contribution in [2.75, 3.05) is 13.7 Å². The Kier molecular flexibility index (Phi) is 8.80. The van der Waals surface area contributed by atoms with Gasteiger partial charge >= 0.3 is 0 Å². The van der Waals surface area contributed by atoms with Crippen LogP contribution in [0, 0.1) is 0 Å².